The molecule has 98 valence electrons. The molecule has 0 atom stereocenters. The second kappa shape index (κ2) is 5.21. The number of amides is 1. The van der Waals surface area contributed by atoms with Crippen LogP contribution in [-0.2, 0) is 4.79 Å². The van der Waals surface area contributed by atoms with Gasteiger partial charge < -0.3 is 5.73 Å². The summed E-state index contributed by atoms with van der Waals surface area (Å²) in [6.45, 7) is 0. The molecule has 2 N–H and O–H groups in total. The number of hydrogen-bond acceptors (Lipinski definition) is 5. The van der Waals surface area contributed by atoms with Gasteiger partial charge in [-0.25, -0.2) is 4.39 Å². The molecule has 7 heteroatoms. The second-order valence-electron chi connectivity index (χ2n) is 3.93. The van der Waals surface area contributed by atoms with Gasteiger partial charge in [-0.3, -0.25) is 4.79 Å². The summed E-state index contributed by atoms with van der Waals surface area (Å²) in [5.41, 5.74) is 5.51. The lowest BCUT2D eigenvalue weighted by Crippen LogP contribution is -2.20. The first kappa shape index (κ1) is 13.2. The molecule has 0 fully saturated rings. The van der Waals surface area contributed by atoms with Crippen LogP contribution in [0.5, 0.6) is 0 Å². The number of nitriles is 2. The maximum absolute atomic E-state index is 13.0. The summed E-state index contributed by atoms with van der Waals surface area (Å²) in [5, 5.41) is 22.7. The van der Waals surface area contributed by atoms with E-state index in [0.717, 1.165) is 17.1 Å². The summed E-state index contributed by atoms with van der Waals surface area (Å²) < 4.78 is 13.0. The third-order valence-corrected chi connectivity index (χ3v) is 2.59. The van der Waals surface area contributed by atoms with Crippen molar-refractivity contribution in [3.63, 3.8) is 0 Å². The van der Waals surface area contributed by atoms with Crippen LogP contribution in [0.3, 0.4) is 0 Å². The Labute approximate surface area is 113 Å². The Kier molecular flexibility index (Phi) is 3.45. The summed E-state index contributed by atoms with van der Waals surface area (Å²) in [7, 11) is 0. The fourth-order valence-electron chi connectivity index (χ4n) is 1.74. The highest BCUT2D eigenvalue weighted by Crippen LogP contribution is 2.26. The lowest BCUT2D eigenvalue weighted by atomic mass is 10.1. The van der Waals surface area contributed by atoms with Gasteiger partial charge in [0, 0.05) is 5.56 Å². The van der Waals surface area contributed by atoms with E-state index in [4.69, 9.17) is 16.3 Å². The number of nitrogens with two attached hydrogens (primary N) is 1. The SMILES string of the molecule is N#CC(C#N)=C(c1ccc(F)cc1)N1N=C(N)CC1=O. The predicted molar refractivity (Wildman–Crippen MR) is 67.6 cm³/mol. The molecule has 0 aromatic heterocycles. The Balaban J connectivity index is 2.62. The predicted octanol–water partition coefficient (Wildman–Crippen LogP) is 1.09. The van der Waals surface area contributed by atoms with E-state index in [0.29, 0.717) is 5.56 Å². The van der Waals surface area contributed by atoms with Crippen molar-refractivity contribution in [2.24, 2.45) is 10.8 Å². The minimum absolute atomic E-state index is 0.000417. The Morgan fingerprint density at radius 3 is 2.35 bits per heavy atom. The molecular formula is C13H8FN5O. The number of benzene rings is 1. The van der Waals surface area contributed by atoms with Gasteiger partial charge in [0.2, 0.25) is 0 Å². The van der Waals surface area contributed by atoms with Crippen molar-refractivity contribution in [3.8, 4) is 12.1 Å². The molecule has 2 rings (SSSR count). The number of rotatable bonds is 2. The monoisotopic (exact) mass is 269 g/mol. The Morgan fingerprint density at radius 2 is 1.90 bits per heavy atom. The van der Waals surface area contributed by atoms with Crippen molar-refractivity contribution in [1.82, 2.24) is 5.01 Å². The van der Waals surface area contributed by atoms with E-state index in [1.54, 1.807) is 12.1 Å². The molecule has 1 aromatic rings. The summed E-state index contributed by atoms with van der Waals surface area (Å²) in [6, 6.07) is 8.44. The zero-order valence-corrected chi connectivity index (χ0v) is 10.2. The van der Waals surface area contributed by atoms with Gasteiger partial charge in [0.05, 0.1) is 6.42 Å². The van der Waals surface area contributed by atoms with Crippen LogP contribution in [-0.4, -0.2) is 16.8 Å². The Hall–Kier alpha value is -3.19. The fourth-order valence-corrected chi connectivity index (χ4v) is 1.74. The van der Waals surface area contributed by atoms with Crippen LogP contribution in [0.1, 0.15) is 12.0 Å². The average molecular weight is 269 g/mol. The first-order valence-corrected chi connectivity index (χ1v) is 5.53. The maximum atomic E-state index is 13.0. The smallest absolute Gasteiger partial charge is 0.255 e. The number of allylic oxidation sites excluding steroid dienone is 1. The van der Waals surface area contributed by atoms with Gasteiger partial charge in [0.25, 0.3) is 5.91 Å². The van der Waals surface area contributed by atoms with Crippen LogP contribution in [0, 0.1) is 28.5 Å². The number of halogens is 1. The van der Waals surface area contributed by atoms with E-state index in [1.165, 1.54) is 12.1 Å². The lowest BCUT2D eigenvalue weighted by Gasteiger charge is -2.16. The molecule has 0 bridgehead atoms. The molecule has 6 nitrogen and oxygen atoms in total. The molecule has 0 unspecified atom stereocenters. The molecular weight excluding hydrogens is 261 g/mol. The van der Waals surface area contributed by atoms with Crippen LogP contribution < -0.4 is 5.73 Å². The highest BCUT2D eigenvalue weighted by atomic mass is 19.1. The molecule has 1 aliphatic heterocycles. The van der Waals surface area contributed by atoms with Gasteiger partial charge >= 0.3 is 0 Å². The zero-order chi connectivity index (χ0) is 14.7. The summed E-state index contributed by atoms with van der Waals surface area (Å²) >= 11 is 0. The fraction of sp³-hybridized carbons (Fsp3) is 0.0769. The molecule has 0 radical (unpaired) electrons. The summed E-state index contributed by atoms with van der Waals surface area (Å²) in [5.74, 6) is -0.839. The number of amidine groups is 1. The molecule has 0 aliphatic carbocycles. The van der Waals surface area contributed by atoms with Crippen LogP contribution >= 0.6 is 0 Å². The largest absolute Gasteiger partial charge is 0.385 e. The molecule has 1 heterocycles. The first-order chi connectivity index (χ1) is 9.56. The van der Waals surface area contributed by atoms with Crippen LogP contribution in [0.15, 0.2) is 34.9 Å². The third-order valence-electron chi connectivity index (χ3n) is 2.59. The number of carbonyl (C=O) groups is 1. The topological polar surface area (TPSA) is 106 Å². The standard InChI is InChI=1S/C13H8FN5O/c14-10-3-1-8(2-4-10)13(9(6-15)7-16)19-12(20)5-11(17)18-19/h1-4H,5H2,(H2,17,18). The van der Waals surface area contributed by atoms with E-state index in [1.807, 2.05) is 0 Å². The summed E-state index contributed by atoms with van der Waals surface area (Å²) in [6.07, 6.45) is -0.0885. The van der Waals surface area contributed by atoms with E-state index >= 15 is 0 Å². The molecule has 1 amide bonds. The van der Waals surface area contributed by atoms with Gasteiger partial charge in [-0.15, -0.1) is 0 Å². The minimum Gasteiger partial charge on any atom is -0.385 e. The van der Waals surface area contributed by atoms with Gasteiger partial charge in [0.15, 0.2) is 5.57 Å². The highest BCUT2D eigenvalue weighted by Gasteiger charge is 2.28. The van der Waals surface area contributed by atoms with E-state index < -0.39 is 11.7 Å². The number of hydrazone groups is 1. The van der Waals surface area contributed by atoms with Crippen molar-refractivity contribution < 1.29 is 9.18 Å². The Morgan fingerprint density at radius 1 is 1.30 bits per heavy atom. The normalized spacial score (nSPS) is 13.4. The highest BCUT2D eigenvalue weighted by molar-refractivity contribution is 6.06. The van der Waals surface area contributed by atoms with Gasteiger partial charge in [-0.05, 0) is 24.3 Å². The van der Waals surface area contributed by atoms with Crippen molar-refractivity contribution in [3.05, 3.63) is 41.2 Å². The zero-order valence-electron chi connectivity index (χ0n) is 10.2. The van der Waals surface area contributed by atoms with Crippen molar-refractivity contribution in [2.75, 3.05) is 0 Å². The lowest BCUT2D eigenvalue weighted by molar-refractivity contribution is -0.125. The van der Waals surface area contributed by atoms with Gasteiger partial charge in [-0.2, -0.15) is 20.6 Å². The number of nitrogens with zero attached hydrogens (tertiary/aromatic N) is 4. The third kappa shape index (κ3) is 2.33. The maximum Gasteiger partial charge on any atom is 0.255 e. The van der Waals surface area contributed by atoms with Crippen LogP contribution in [0.4, 0.5) is 4.39 Å². The molecule has 20 heavy (non-hydrogen) atoms. The van der Waals surface area contributed by atoms with Crippen molar-refractivity contribution in [1.29, 1.82) is 10.5 Å². The number of carbonyl (C=O) groups excluding carboxylic acids is 1. The van der Waals surface area contributed by atoms with Crippen LogP contribution in [0.2, 0.25) is 0 Å². The molecule has 1 aliphatic rings. The molecule has 0 spiro atoms. The van der Waals surface area contributed by atoms with Crippen molar-refractivity contribution >= 4 is 17.4 Å². The minimum atomic E-state index is -0.473. The summed E-state index contributed by atoms with van der Waals surface area (Å²) in [4.78, 5) is 11.8. The molecule has 0 saturated heterocycles. The van der Waals surface area contributed by atoms with Gasteiger partial charge in [0.1, 0.15) is 29.5 Å². The van der Waals surface area contributed by atoms with E-state index in [2.05, 4.69) is 5.10 Å². The average Bonchev–Trinajstić information content (AvgIpc) is 2.76. The quantitative estimate of drug-likeness (QED) is 0.811. The second-order valence-corrected chi connectivity index (χ2v) is 3.93. The van der Waals surface area contributed by atoms with Crippen LogP contribution in [0.25, 0.3) is 5.70 Å². The first-order valence-electron chi connectivity index (χ1n) is 5.53. The number of hydrogen-bond donors (Lipinski definition) is 1. The van der Waals surface area contributed by atoms with Gasteiger partial charge in [-0.1, -0.05) is 0 Å². The van der Waals surface area contributed by atoms with E-state index in [9.17, 15) is 9.18 Å². The molecule has 0 saturated carbocycles. The Bertz CT molecular complexity index is 690. The van der Waals surface area contributed by atoms with E-state index in [-0.39, 0.29) is 23.5 Å². The van der Waals surface area contributed by atoms with Crippen molar-refractivity contribution in [2.45, 2.75) is 6.42 Å². The molecule has 1 aromatic carbocycles.